The number of rotatable bonds is 9. The smallest absolute Gasteiger partial charge is 0.191 e. The van der Waals surface area contributed by atoms with E-state index in [2.05, 4.69) is 75.5 Å². The van der Waals surface area contributed by atoms with Gasteiger partial charge < -0.3 is 10.6 Å². The van der Waals surface area contributed by atoms with E-state index >= 15 is 0 Å². The molecule has 3 aromatic rings. The van der Waals surface area contributed by atoms with Crippen LogP contribution in [0.15, 0.2) is 65.2 Å². The third-order valence-electron chi connectivity index (χ3n) is 5.55. The highest BCUT2D eigenvalue weighted by atomic mass is 127. The zero-order valence-corrected chi connectivity index (χ0v) is 21.8. The Morgan fingerprint density at radius 1 is 1.09 bits per heavy atom. The molecule has 1 unspecified atom stereocenters. The number of aromatic nitrogens is 2. The molecule has 0 amide bonds. The van der Waals surface area contributed by atoms with Crippen molar-refractivity contribution in [2.45, 2.75) is 38.9 Å². The molecule has 1 aromatic carbocycles. The molecule has 2 N–H and O–H groups in total. The van der Waals surface area contributed by atoms with Gasteiger partial charge in [-0.1, -0.05) is 36.4 Å². The fourth-order valence-corrected chi connectivity index (χ4v) is 4.86. The number of hydrogen-bond donors (Lipinski definition) is 2. The van der Waals surface area contributed by atoms with Gasteiger partial charge in [0, 0.05) is 29.7 Å². The highest BCUT2D eigenvalue weighted by Crippen LogP contribution is 2.27. The van der Waals surface area contributed by atoms with Gasteiger partial charge in [-0.15, -0.1) is 35.3 Å². The predicted molar refractivity (Wildman–Crippen MR) is 144 cm³/mol. The Hall–Kier alpha value is -1.91. The van der Waals surface area contributed by atoms with Gasteiger partial charge in [-0.2, -0.15) is 5.10 Å². The molecule has 2 aromatic heterocycles. The summed E-state index contributed by atoms with van der Waals surface area (Å²) >= 11 is 1.84. The third-order valence-corrected chi connectivity index (χ3v) is 6.53. The molecule has 1 aliphatic rings. The molecule has 0 bridgehead atoms. The molecule has 172 valence electrons. The van der Waals surface area contributed by atoms with Gasteiger partial charge >= 0.3 is 0 Å². The maximum atomic E-state index is 4.81. The van der Waals surface area contributed by atoms with E-state index in [1.54, 1.807) is 0 Å². The summed E-state index contributed by atoms with van der Waals surface area (Å²) < 4.78 is 1.97. The fraction of sp³-hybridized carbons (Fsp3) is 0.417. The van der Waals surface area contributed by atoms with Crippen molar-refractivity contribution >= 4 is 41.3 Å². The van der Waals surface area contributed by atoms with Crippen LogP contribution in [0, 0.1) is 0 Å². The molecule has 1 aliphatic heterocycles. The summed E-state index contributed by atoms with van der Waals surface area (Å²) in [6, 6.07) is 15.2. The van der Waals surface area contributed by atoms with Crippen molar-refractivity contribution in [2.75, 3.05) is 26.2 Å². The van der Waals surface area contributed by atoms with Crippen molar-refractivity contribution in [3.8, 4) is 0 Å². The molecule has 4 rings (SSSR count). The van der Waals surface area contributed by atoms with Crippen molar-refractivity contribution in [1.82, 2.24) is 25.3 Å². The Balaban J connectivity index is 0.00000289. The first-order valence-corrected chi connectivity index (χ1v) is 12.0. The second kappa shape index (κ2) is 13.0. The topological polar surface area (TPSA) is 57.5 Å². The standard InChI is InChI=1S/C24H32N6S.HI/c1-2-25-24(27-17-22(23-11-8-14-31-23)29-12-6-7-13-29)26-15-21-16-28-30(19-21)18-20-9-4-3-5-10-20;/h3-5,8-11,14,16,19,22H,2,6-7,12-13,15,17-18H2,1H3,(H2,25,26,27);1H. The van der Waals surface area contributed by atoms with Crippen LogP contribution in [0.25, 0.3) is 0 Å². The first-order chi connectivity index (χ1) is 15.3. The molecule has 0 spiro atoms. The summed E-state index contributed by atoms with van der Waals surface area (Å²) in [7, 11) is 0. The largest absolute Gasteiger partial charge is 0.357 e. The normalized spacial score (nSPS) is 15.3. The van der Waals surface area contributed by atoms with Crippen LogP contribution in [0.3, 0.4) is 0 Å². The van der Waals surface area contributed by atoms with Crippen LogP contribution in [0.4, 0.5) is 0 Å². The first kappa shape index (κ1) is 24.7. The van der Waals surface area contributed by atoms with Gasteiger partial charge in [-0.25, -0.2) is 4.99 Å². The van der Waals surface area contributed by atoms with Crippen molar-refractivity contribution in [2.24, 2.45) is 4.99 Å². The summed E-state index contributed by atoms with van der Waals surface area (Å²) in [6.45, 7) is 7.55. The van der Waals surface area contributed by atoms with E-state index in [-0.39, 0.29) is 24.0 Å². The Labute approximate surface area is 212 Å². The number of benzene rings is 1. The average molecular weight is 565 g/mol. The van der Waals surface area contributed by atoms with Gasteiger partial charge in [0.15, 0.2) is 5.96 Å². The number of aliphatic imine (C=N–C) groups is 1. The highest BCUT2D eigenvalue weighted by Gasteiger charge is 2.24. The van der Waals surface area contributed by atoms with E-state index in [9.17, 15) is 0 Å². The zero-order valence-electron chi connectivity index (χ0n) is 18.6. The fourth-order valence-electron chi connectivity index (χ4n) is 3.99. The van der Waals surface area contributed by atoms with Crippen molar-refractivity contribution in [1.29, 1.82) is 0 Å². The van der Waals surface area contributed by atoms with Crippen molar-refractivity contribution in [3.05, 3.63) is 76.2 Å². The minimum Gasteiger partial charge on any atom is -0.357 e. The Kier molecular flexibility index (Phi) is 10.0. The van der Waals surface area contributed by atoms with Gasteiger partial charge in [-0.3, -0.25) is 9.58 Å². The lowest BCUT2D eigenvalue weighted by molar-refractivity contribution is 0.249. The van der Waals surface area contributed by atoms with E-state index in [1.807, 2.05) is 28.3 Å². The van der Waals surface area contributed by atoms with E-state index in [4.69, 9.17) is 4.99 Å². The van der Waals surface area contributed by atoms with Crippen molar-refractivity contribution < 1.29 is 0 Å². The van der Waals surface area contributed by atoms with Crippen LogP contribution in [0.1, 0.15) is 41.8 Å². The lowest BCUT2D eigenvalue weighted by atomic mass is 10.2. The summed E-state index contributed by atoms with van der Waals surface area (Å²) in [5.74, 6) is 0.860. The molecule has 1 saturated heterocycles. The second-order valence-corrected chi connectivity index (χ2v) is 8.86. The molecule has 6 nitrogen and oxygen atoms in total. The summed E-state index contributed by atoms with van der Waals surface area (Å²) in [5, 5.41) is 13.6. The molecular weight excluding hydrogens is 531 g/mol. The number of guanidine groups is 1. The zero-order chi connectivity index (χ0) is 21.3. The Morgan fingerprint density at radius 3 is 2.62 bits per heavy atom. The first-order valence-electron chi connectivity index (χ1n) is 11.2. The summed E-state index contributed by atoms with van der Waals surface area (Å²) in [4.78, 5) is 8.83. The van der Waals surface area contributed by atoms with Crippen LogP contribution in [0.5, 0.6) is 0 Å². The molecule has 32 heavy (non-hydrogen) atoms. The number of halogens is 1. The molecule has 3 heterocycles. The minimum absolute atomic E-state index is 0. The second-order valence-electron chi connectivity index (χ2n) is 7.88. The van der Waals surface area contributed by atoms with Crippen LogP contribution < -0.4 is 10.6 Å². The van der Waals surface area contributed by atoms with Gasteiger partial charge in [0.05, 0.1) is 25.3 Å². The van der Waals surface area contributed by atoms with Gasteiger partial charge in [0.1, 0.15) is 0 Å². The van der Waals surface area contributed by atoms with Crippen LogP contribution in [0.2, 0.25) is 0 Å². The third kappa shape index (κ3) is 7.05. The molecule has 0 aliphatic carbocycles. The molecule has 0 radical (unpaired) electrons. The molecule has 1 atom stereocenters. The average Bonchev–Trinajstić information content (AvgIpc) is 3.56. The number of hydrogen-bond acceptors (Lipinski definition) is 4. The summed E-state index contributed by atoms with van der Waals surface area (Å²) in [6.07, 6.45) is 6.58. The molecular formula is C24H33IN6S. The Morgan fingerprint density at radius 2 is 1.91 bits per heavy atom. The molecule has 1 fully saturated rings. The maximum absolute atomic E-state index is 4.81. The van der Waals surface area contributed by atoms with E-state index in [0.717, 1.165) is 31.2 Å². The van der Waals surface area contributed by atoms with E-state index in [1.165, 1.54) is 36.4 Å². The van der Waals surface area contributed by atoms with Crippen LogP contribution in [-0.4, -0.2) is 46.8 Å². The minimum atomic E-state index is 0. The maximum Gasteiger partial charge on any atom is 0.191 e. The quantitative estimate of drug-likeness (QED) is 0.228. The number of nitrogens with zero attached hydrogens (tertiary/aromatic N) is 4. The lowest BCUT2D eigenvalue weighted by Gasteiger charge is -2.27. The predicted octanol–water partition coefficient (Wildman–Crippen LogP) is 4.50. The van der Waals surface area contributed by atoms with Gasteiger partial charge in [0.2, 0.25) is 0 Å². The van der Waals surface area contributed by atoms with Crippen LogP contribution in [-0.2, 0) is 13.1 Å². The van der Waals surface area contributed by atoms with Crippen LogP contribution >= 0.6 is 35.3 Å². The van der Waals surface area contributed by atoms with Crippen molar-refractivity contribution in [3.63, 3.8) is 0 Å². The summed E-state index contributed by atoms with van der Waals surface area (Å²) in [5.41, 5.74) is 2.36. The number of nitrogens with one attached hydrogen (secondary N) is 2. The molecule has 0 saturated carbocycles. The number of likely N-dealkylation sites (tertiary alicyclic amines) is 1. The highest BCUT2D eigenvalue weighted by molar-refractivity contribution is 14.0. The number of thiophene rings is 1. The van der Waals surface area contributed by atoms with E-state index < -0.39 is 0 Å². The van der Waals surface area contributed by atoms with E-state index in [0.29, 0.717) is 12.6 Å². The Bertz CT molecular complexity index is 935. The monoisotopic (exact) mass is 564 g/mol. The van der Waals surface area contributed by atoms with Gasteiger partial charge in [0.25, 0.3) is 0 Å². The molecule has 8 heteroatoms. The lowest BCUT2D eigenvalue weighted by Crippen LogP contribution is -2.42. The SMILES string of the molecule is CCNC(=NCc1cnn(Cc2ccccc2)c1)NCC(c1cccs1)N1CCCC1.I. The van der Waals surface area contributed by atoms with Gasteiger partial charge in [-0.05, 0) is 49.9 Å².